The van der Waals surface area contributed by atoms with E-state index in [0.717, 1.165) is 29.4 Å². The number of furan rings is 1. The van der Waals surface area contributed by atoms with E-state index in [1.54, 1.807) is 36.4 Å². The van der Waals surface area contributed by atoms with Crippen molar-refractivity contribution in [2.24, 2.45) is 0 Å². The summed E-state index contributed by atoms with van der Waals surface area (Å²) in [6, 6.07) is 18.6. The van der Waals surface area contributed by atoms with Gasteiger partial charge in [-0.05, 0) is 61.2 Å². The van der Waals surface area contributed by atoms with E-state index in [0.29, 0.717) is 18.1 Å². The molecule has 1 saturated heterocycles. The van der Waals surface area contributed by atoms with Gasteiger partial charge in [0.25, 0.3) is 0 Å². The molecule has 4 rings (SSSR count). The highest BCUT2D eigenvalue weighted by atomic mass is 32.2. The summed E-state index contributed by atoms with van der Waals surface area (Å²) in [5.74, 6) is 0.513. The van der Waals surface area contributed by atoms with Crippen molar-refractivity contribution >= 4 is 22.0 Å². The molecule has 2 heterocycles. The van der Waals surface area contributed by atoms with Gasteiger partial charge in [0.2, 0.25) is 15.9 Å². The number of carbonyl (C=O) groups is 1. The largest absolute Gasteiger partial charge is 0.464 e. The number of halogens is 1. The molecule has 37 heavy (non-hydrogen) atoms. The Hall–Kier alpha value is -3.27. The number of carbonyl (C=O) groups excluding carboxylic acids is 1. The third-order valence-electron chi connectivity index (χ3n) is 6.12. The van der Waals surface area contributed by atoms with E-state index in [2.05, 4.69) is 0 Å². The lowest BCUT2D eigenvalue weighted by Gasteiger charge is -2.27. The van der Waals surface area contributed by atoms with Crippen LogP contribution in [0, 0.1) is 12.7 Å². The number of rotatable bonds is 11. The maximum Gasteiger partial charge on any atom is 0.238 e. The second kappa shape index (κ2) is 12.3. The summed E-state index contributed by atoms with van der Waals surface area (Å²) in [6.45, 7) is 2.43. The van der Waals surface area contributed by atoms with Crippen molar-refractivity contribution in [2.45, 2.75) is 39.0 Å². The van der Waals surface area contributed by atoms with Gasteiger partial charge in [0.05, 0.1) is 19.2 Å². The van der Waals surface area contributed by atoms with Crippen LogP contribution in [0.4, 0.5) is 4.39 Å². The maximum atomic E-state index is 13.6. The van der Waals surface area contributed by atoms with Gasteiger partial charge in [-0.1, -0.05) is 42.5 Å². The fourth-order valence-corrected chi connectivity index (χ4v) is 5.31. The number of nitrogens with zero attached hydrogens (tertiary/aromatic N) is 2. The summed E-state index contributed by atoms with van der Waals surface area (Å²) in [5.41, 5.74) is 1.45. The number of amides is 1. The zero-order valence-corrected chi connectivity index (χ0v) is 21.6. The molecule has 9 heteroatoms. The van der Waals surface area contributed by atoms with Crippen LogP contribution in [0.15, 0.2) is 76.6 Å². The van der Waals surface area contributed by atoms with E-state index < -0.39 is 15.9 Å². The highest BCUT2D eigenvalue weighted by Crippen LogP contribution is 2.19. The number of aryl methyl sites for hydroxylation is 1. The van der Waals surface area contributed by atoms with Gasteiger partial charge in [-0.15, -0.1) is 0 Å². The van der Waals surface area contributed by atoms with E-state index >= 15 is 0 Å². The molecule has 7 nitrogen and oxygen atoms in total. The van der Waals surface area contributed by atoms with Crippen LogP contribution in [-0.2, 0) is 32.6 Å². The Kier molecular flexibility index (Phi) is 8.91. The lowest BCUT2D eigenvalue weighted by atomic mass is 10.2. The Morgan fingerprint density at radius 1 is 1.05 bits per heavy atom. The molecule has 1 fully saturated rings. The predicted molar refractivity (Wildman–Crippen MR) is 139 cm³/mol. The molecular weight excluding hydrogens is 495 g/mol. The highest BCUT2D eigenvalue weighted by Gasteiger charge is 2.30. The second-order valence-corrected chi connectivity index (χ2v) is 10.9. The Morgan fingerprint density at radius 2 is 1.81 bits per heavy atom. The molecule has 0 aliphatic carbocycles. The predicted octanol–water partition coefficient (Wildman–Crippen LogP) is 4.74. The fourth-order valence-electron chi connectivity index (χ4n) is 4.14. The van der Waals surface area contributed by atoms with Crippen LogP contribution in [0.1, 0.15) is 35.5 Å². The minimum Gasteiger partial charge on any atom is -0.464 e. The molecule has 1 atom stereocenters. The lowest BCUT2D eigenvalue weighted by Crippen LogP contribution is -2.44. The van der Waals surface area contributed by atoms with E-state index in [1.807, 2.05) is 25.1 Å². The molecule has 0 bridgehead atoms. The van der Waals surface area contributed by atoms with Gasteiger partial charge in [-0.3, -0.25) is 4.79 Å². The third kappa shape index (κ3) is 7.85. The summed E-state index contributed by atoms with van der Waals surface area (Å²) in [7, 11) is -3.93. The Bertz CT molecular complexity index is 1300. The van der Waals surface area contributed by atoms with Gasteiger partial charge >= 0.3 is 0 Å². The van der Waals surface area contributed by atoms with Crippen LogP contribution in [0.2, 0.25) is 0 Å². The normalized spacial score (nSPS) is 16.0. The zero-order valence-electron chi connectivity index (χ0n) is 20.8. The summed E-state index contributed by atoms with van der Waals surface area (Å²) in [5, 5.41) is 1.13. The van der Waals surface area contributed by atoms with Gasteiger partial charge in [0.1, 0.15) is 17.3 Å². The molecule has 0 radical (unpaired) electrons. The standard InChI is InChI=1S/C28H31FN2O5S/c1-22-9-14-27(36-22)19-30(18-24-10-12-25(29)13-11-24)28(32)21-31(20-26-8-5-16-35-26)37(33,34)17-15-23-6-3-2-4-7-23/h2-4,6-7,9-15,17,26H,5,8,16,18-21H2,1H3. The van der Waals surface area contributed by atoms with Gasteiger partial charge in [0, 0.05) is 25.1 Å². The fraction of sp³-hybridized carbons (Fsp3) is 0.321. The van der Waals surface area contributed by atoms with E-state index in [9.17, 15) is 17.6 Å². The lowest BCUT2D eigenvalue weighted by molar-refractivity contribution is -0.133. The zero-order chi connectivity index (χ0) is 26.3. The molecule has 0 saturated carbocycles. The van der Waals surface area contributed by atoms with Gasteiger partial charge in [0.15, 0.2) is 0 Å². The first kappa shape index (κ1) is 26.8. The van der Waals surface area contributed by atoms with Crippen LogP contribution >= 0.6 is 0 Å². The molecule has 0 N–H and O–H groups in total. The SMILES string of the molecule is Cc1ccc(CN(Cc2ccc(F)cc2)C(=O)CN(CC2CCCO2)S(=O)(=O)C=Cc2ccccc2)o1. The molecule has 1 aliphatic rings. The molecule has 1 unspecified atom stereocenters. The molecule has 1 amide bonds. The smallest absolute Gasteiger partial charge is 0.238 e. The van der Waals surface area contributed by atoms with Crippen molar-refractivity contribution in [1.82, 2.24) is 9.21 Å². The average molecular weight is 527 g/mol. The van der Waals surface area contributed by atoms with Crippen LogP contribution in [0.3, 0.4) is 0 Å². The number of benzene rings is 2. The van der Waals surface area contributed by atoms with Crippen molar-refractivity contribution in [3.05, 3.63) is 101 Å². The summed E-state index contributed by atoms with van der Waals surface area (Å²) < 4.78 is 52.7. The summed E-state index contributed by atoms with van der Waals surface area (Å²) in [6.07, 6.45) is 2.82. The minimum atomic E-state index is -3.93. The van der Waals surface area contributed by atoms with Crippen molar-refractivity contribution in [3.8, 4) is 0 Å². The number of hydrogen-bond acceptors (Lipinski definition) is 5. The topological polar surface area (TPSA) is 80.1 Å². The molecule has 0 spiro atoms. The number of ether oxygens (including phenoxy) is 1. The first-order valence-corrected chi connectivity index (χ1v) is 13.7. The van der Waals surface area contributed by atoms with Crippen molar-refractivity contribution < 1.29 is 26.8 Å². The van der Waals surface area contributed by atoms with E-state index in [-0.39, 0.29) is 38.1 Å². The van der Waals surface area contributed by atoms with Gasteiger partial charge in [-0.2, -0.15) is 4.31 Å². The highest BCUT2D eigenvalue weighted by molar-refractivity contribution is 7.92. The monoisotopic (exact) mass is 526 g/mol. The first-order valence-electron chi connectivity index (χ1n) is 12.2. The third-order valence-corrected chi connectivity index (χ3v) is 7.59. The van der Waals surface area contributed by atoms with Crippen molar-refractivity contribution in [3.63, 3.8) is 0 Å². The van der Waals surface area contributed by atoms with Gasteiger partial charge < -0.3 is 14.1 Å². The van der Waals surface area contributed by atoms with Crippen LogP contribution in [-0.4, -0.2) is 49.3 Å². The molecule has 2 aromatic carbocycles. The molecule has 3 aromatic rings. The first-order chi connectivity index (χ1) is 17.8. The molecule has 1 aliphatic heterocycles. The van der Waals surface area contributed by atoms with Gasteiger partial charge in [-0.25, -0.2) is 12.8 Å². The van der Waals surface area contributed by atoms with Crippen LogP contribution in [0.25, 0.3) is 6.08 Å². The van der Waals surface area contributed by atoms with E-state index in [1.165, 1.54) is 27.4 Å². The Labute approximate surface area is 217 Å². The number of sulfonamides is 1. The van der Waals surface area contributed by atoms with Crippen molar-refractivity contribution in [1.29, 1.82) is 0 Å². The quantitative estimate of drug-likeness (QED) is 0.361. The van der Waals surface area contributed by atoms with Crippen LogP contribution < -0.4 is 0 Å². The minimum absolute atomic E-state index is 0.0808. The maximum absolute atomic E-state index is 13.6. The number of hydrogen-bond donors (Lipinski definition) is 0. The second-order valence-electron chi connectivity index (χ2n) is 9.07. The Balaban J connectivity index is 1.56. The van der Waals surface area contributed by atoms with E-state index in [4.69, 9.17) is 9.15 Å². The summed E-state index contributed by atoms with van der Waals surface area (Å²) >= 11 is 0. The van der Waals surface area contributed by atoms with Crippen molar-refractivity contribution in [2.75, 3.05) is 19.7 Å². The summed E-state index contributed by atoms with van der Waals surface area (Å²) in [4.78, 5) is 15.1. The molecule has 1 aromatic heterocycles. The molecular formula is C28H31FN2O5S. The molecule has 196 valence electrons. The van der Waals surface area contributed by atoms with Crippen LogP contribution in [0.5, 0.6) is 0 Å². The Morgan fingerprint density at radius 3 is 2.46 bits per heavy atom. The average Bonchev–Trinajstić information content (AvgIpc) is 3.55.